The van der Waals surface area contributed by atoms with Crippen molar-refractivity contribution in [2.75, 3.05) is 13.2 Å². The van der Waals surface area contributed by atoms with Crippen LogP contribution in [0.2, 0.25) is 0 Å². The summed E-state index contributed by atoms with van der Waals surface area (Å²) in [5.41, 5.74) is 0.358. The Kier molecular flexibility index (Phi) is 2.26. The third-order valence-corrected chi connectivity index (χ3v) is 7.77. The molecule has 116 valence electrons. The maximum absolute atomic E-state index is 7.20. The Balaban J connectivity index is 1.33. The van der Waals surface area contributed by atoms with Crippen molar-refractivity contribution >= 4 is 0 Å². The first kappa shape index (κ1) is 12.3. The molecule has 0 aromatic carbocycles. The molecule has 0 spiro atoms. The fourth-order valence-corrected chi connectivity index (χ4v) is 6.80. The lowest BCUT2D eigenvalue weighted by atomic mass is 9.79. The van der Waals surface area contributed by atoms with E-state index in [9.17, 15) is 0 Å². The standard InChI is InChI=1S/C18H26O3/c1-3-17(7-11(1)5-13(17)15-9-19-15)21-18-4-2-12(8-18)6-14(18)16-10-20-16/h11-16H,1-10H2. The zero-order valence-corrected chi connectivity index (χ0v) is 12.8. The third kappa shape index (κ3) is 1.66. The number of hydrogen-bond acceptors (Lipinski definition) is 3. The molecule has 8 atom stereocenters. The molecule has 6 rings (SSSR count). The van der Waals surface area contributed by atoms with Crippen LogP contribution in [0.15, 0.2) is 0 Å². The van der Waals surface area contributed by atoms with E-state index in [2.05, 4.69) is 0 Å². The summed E-state index contributed by atoms with van der Waals surface area (Å²) in [5.74, 6) is 3.24. The van der Waals surface area contributed by atoms with Crippen molar-refractivity contribution < 1.29 is 14.2 Å². The number of epoxide rings is 2. The quantitative estimate of drug-likeness (QED) is 0.747. The molecule has 6 fully saturated rings. The SMILES string of the molecule is C1CC2(OC34CCC(CC3C3CO3)C4)CC1CC2C1CO1. The first-order valence-corrected chi connectivity index (χ1v) is 9.20. The van der Waals surface area contributed by atoms with E-state index in [0.29, 0.717) is 24.0 Å². The summed E-state index contributed by atoms with van der Waals surface area (Å²) in [6, 6.07) is 0. The van der Waals surface area contributed by atoms with Gasteiger partial charge in [-0.25, -0.2) is 0 Å². The Hall–Kier alpha value is -0.120. The van der Waals surface area contributed by atoms with Crippen LogP contribution >= 0.6 is 0 Å². The summed E-state index contributed by atoms with van der Waals surface area (Å²) >= 11 is 0. The van der Waals surface area contributed by atoms with Gasteiger partial charge in [-0.3, -0.25) is 0 Å². The monoisotopic (exact) mass is 290 g/mol. The van der Waals surface area contributed by atoms with E-state index in [1.54, 1.807) is 0 Å². The van der Waals surface area contributed by atoms with E-state index in [1.807, 2.05) is 0 Å². The van der Waals surface area contributed by atoms with Gasteiger partial charge in [-0.2, -0.15) is 0 Å². The van der Waals surface area contributed by atoms with Crippen LogP contribution in [0.5, 0.6) is 0 Å². The minimum atomic E-state index is 0.179. The van der Waals surface area contributed by atoms with Gasteiger partial charge < -0.3 is 14.2 Å². The fraction of sp³-hybridized carbons (Fsp3) is 1.00. The van der Waals surface area contributed by atoms with Crippen molar-refractivity contribution in [2.45, 2.75) is 74.8 Å². The molecule has 0 N–H and O–H groups in total. The Morgan fingerprint density at radius 2 is 1.24 bits per heavy atom. The molecular weight excluding hydrogens is 264 g/mol. The maximum Gasteiger partial charge on any atom is 0.0865 e. The Bertz CT molecular complexity index is 429. The number of rotatable bonds is 4. The second kappa shape index (κ2) is 3.85. The van der Waals surface area contributed by atoms with E-state index in [-0.39, 0.29) is 11.2 Å². The molecular formula is C18H26O3. The molecule has 0 radical (unpaired) electrons. The van der Waals surface area contributed by atoms with E-state index in [1.165, 1.54) is 51.4 Å². The molecule has 2 aliphatic heterocycles. The highest BCUT2D eigenvalue weighted by Gasteiger charge is 2.65. The highest BCUT2D eigenvalue weighted by atomic mass is 16.6. The molecule has 4 aliphatic carbocycles. The van der Waals surface area contributed by atoms with E-state index < -0.39 is 0 Å². The van der Waals surface area contributed by atoms with Gasteiger partial charge >= 0.3 is 0 Å². The number of fused-ring (bicyclic) bond motifs is 4. The predicted molar refractivity (Wildman–Crippen MR) is 76.9 cm³/mol. The zero-order valence-electron chi connectivity index (χ0n) is 12.8. The Labute approximate surface area is 126 Å². The van der Waals surface area contributed by atoms with Crippen molar-refractivity contribution in [3.8, 4) is 0 Å². The number of ether oxygens (including phenoxy) is 3. The molecule has 3 nitrogen and oxygen atoms in total. The molecule has 0 aromatic heterocycles. The maximum atomic E-state index is 7.20. The van der Waals surface area contributed by atoms with Gasteiger partial charge in [0.15, 0.2) is 0 Å². The van der Waals surface area contributed by atoms with Crippen LogP contribution in [0.1, 0.15) is 51.4 Å². The topological polar surface area (TPSA) is 34.3 Å². The fourth-order valence-electron chi connectivity index (χ4n) is 6.80. The molecule has 4 bridgehead atoms. The second-order valence-corrected chi connectivity index (χ2v) is 8.88. The van der Waals surface area contributed by atoms with E-state index >= 15 is 0 Å². The van der Waals surface area contributed by atoms with Crippen LogP contribution in [-0.2, 0) is 14.2 Å². The van der Waals surface area contributed by atoms with Crippen LogP contribution in [0, 0.1) is 23.7 Å². The lowest BCUT2D eigenvalue weighted by Crippen LogP contribution is -2.50. The largest absolute Gasteiger partial charge is 0.373 e. The molecule has 4 saturated carbocycles. The van der Waals surface area contributed by atoms with Gasteiger partial charge in [0.2, 0.25) is 0 Å². The number of hydrogen-bond donors (Lipinski definition) is 0. The van der Waals surface area contributed by atoms with Crippen molar-refractivity contribution in [3.63, 3.8) is 0 Å². The lowest BCUT2D eigenvalue weighted by Gasteiger charge is -2.45. The third-order valence-electron chi connectivity index (χ3n) is 7.77. The highest BCUT2D eigenvalue weighted by molar-refractivity contribution is 5.14. The summed E-state index contributed by atoms with van der Waals surface area (Å²) < 4.78 is 18.6. The summed E-state index contributed by atoms with van der Waals surface area (Å²) in [7, 11) is 0. The van der Waals surface area contributed by atoms with Gasteiger partial charge in [0.05, 0.1) is 36.6 Å². The van der Waals surface area contributed by atoms with Gasteiger partial charge in [-0.05, 0) is 63.2 Å². The Morgan fingerprint density at radius 1 is 0.762 bits per heavy atom. The average Bonchev–Trinajstić information content (AvgIpc) is 3.39. The summed E-state index contributed by atoms with van der Waals surface area (Å²) in [4.78, 5) is 0. The molecule has 6 aliphatic rings. The minimum absolute atomic E-state index is 0.179. The van der Waals surface area contributed by atoms with Crippen LogP contribution in [0.3, 0.4) is 0 Å². The van der Waals surface area contributed by atoms with Crippen LogP contribution in [0.25, 0.3) is 0 Å². The predicted octanol–water partition coefficient (Wildman–Crippen LogP) is 2.92. The molecule has 2 saturated heterocycles. The molecule has 0 amide bonds. The van der Waals surface area contributed by atoms with Crippen LogP contribution in [-0.4, -0.2) is 36.6 Å². The molecule has 2 heterocycles. The van der Waals surface area contributed by atoms with Crippen molar-refractivity contribution in [3.05, 3.63) is 0 Å². The van der Waals surface area contributed by atoms with Crippen LogP contribution < -0.4 is 0 Å². The lowest BCUT2D eigenvalue weighted by molar-refractivity contribution is -0.192. The first-order valence-electron chi connectivity index (χ1n) is 9.20. The van der Waals surface area contributed by atoms with Gasteiger partial charge in [0, 0.05) is 11.8 Å². The highest BCUT2D eigenvalue weighted by Crippen LogP contribution is 2.64. The summed E-state index contributed by atoms with van der Waals surface area (Å²) in [6.45, 7) is 1.99. The average molecular weight is 290 g/mol. The van der Waals surface area contributed by atoms with Crippen LogP contribution in [0.4, 0.5) is 0 Å². The molecule has 3 heteroatoms. The zero-order chi connectivity index (χ0) is 13.7. The minimum Gasteiger partial charge on any atom is -0.373 e. The summed E-state index contributed by atoms with van der Waals surface area (Å²) in [5, 5.41) is 0. The smallest absolute Gasteiger partial charge is 0.0865 e. The normalized spacial score (nSPS) is 63.4. The van der Waals surface area contributed by atoms with Gasteiger partial charge in [-0.1, -0.05) is 0 Å². The van der Waals surface area contributed by atoms with E-state index in [4.69, 9.17) is 14.2 Å². The molecule has 21 heavy (non-hydrogen) atoms. The Morgan fingerprint density at radius 3 is 1.62 bits per heavy atom. The second-order valence-electron chi connectivity index (χ2n) is 8.88. The molecule has 0 aromatic rings. The molecule has 8 unspecified atom stereocenters. The van der Waals surface area contributed by atoms with E-state index in [0.717, 1.165) is 25.0 Å². The van der Waals surface area contributed by atoms with Crippen molar-refractivity contribution in [1.29, 1.82) is 0 Å². The first-order chi connectivity index (χ1) is 10.3. The van der Waals surface area contributed by atoms with Gasteiger partial charge in [0.1, 0.15) is 0 Å². The van der Waals surface area contributed by atoms with Gasteiger partial charge in [-0.15, -0.1) is 0 Å². The summed E-state index contributed by atoms with van der Waals surface area (Å²) in [6.07, 6.45) is 11.8. The van der Waals surface area contributed by atoms with Crippen molar-refractivity contribution in [2.24, 2.45) is 23.7 Å². The van der Waals surface area contributed by atoms with Gasteiger partial charge in [0.25, 0.3) is 0 Å². The van der Waals surface area contributed by atoms with Crippen molar-refractivity contribution in [1.82, 2.24) is 0 Å².